The molecule has 0 amide bonds. The maximum Gasteiger partial charge on any atom is 0.331 e. The molecule has 3 heteroatoms. The first-order valence-corrected chi connectivity index (χ1v) is 3.40. The molecule has 0 aromatic rings. The largest absolute Gasteiger partial charge is 0.454 e. The van der Waals surface area contributed by atoms with Crippen molar-refractivity contribution >= 4 is 21.9 Å². The third kappa shape index (κ3) is 1.10. The molecule has 0 fully saturated rings. The van der Waals surface area contributed by atoms with E-state index < -0.39 is 0 Å². The Kier molecular flexibility index (Phi) is 1.68. The average Bonchev–Trinajstić information content (AvgIpc) is 2.14. The predicted molar refractivity (Wildman–Crippen MR) is 32.8 cm³/mol. The highest BCUT2D eigenvalue weighted by atomic mass is 79.9. The average molecular weight is 177 g/mol. The number of esters is 1. The Morgan fingerprint density at radius 2 is 2.62 bits per heavy atom. The van der Waals surface area contributed by atoms with Gasteiger partial charge in [-0.2, -0.15) is 0 Å². The van der Waals surface area contributed by atoms with E-state index in [9.17, 15) is 4.79 Å². The van der Waals surface area contributed by atoms with Crippen molar-refractivity contribution in [3.8, 4) is 0 Å². The summed E-state index contributed by atoms with van der Waals surface area (Å²) >= 11 is 3.18. The van der Waals surface area contributed by atoms with Gasteiger partial charge in [-0.25, -0.2) is 4.79 Å². The summed E-state index contributed by atoms with van der Waals surface area (Å²) in [5, 5.41) is 0.690. The summed E-state index contributed by atoms with van der Waals surface area (Å²) in [7, 11) is 0. The van der Waals surface area contributed by atoms with Gasteiger partial charge >= 0.3 is 5.97 Å². The molecule has 0 aromatic carbocycles. The van der Waals surface area contributed by atoms with Crippen molar-refractivity contribution in [1.82, 2.24) is 0 Å². The minimum absolute atomic E-state index is 0.0394. The molecule has 0 unspecified atom stereocenters. The van der Waals surface area contributed by atoms with Gasteiger partial charge in [0, 0.05) is 11.4 Å². The fourth-order valence-electron chi connectivity index (χ4n) is 0.497. The molecule has 0 aliphatic carbocycles. The number of cyclic esters (lactones) is 1. The molecule has 0 saturated carbocycles. The molecular weight excluding hydrogens is 172 g/mol. The fraction of sp³-hybridized carbons (Fsp3) is 0.400. The first-order chi connectivity index (χ1) is 3.83. The van der Waals surface area contributed by atoms with E-state index in [-0.39, 0.29) is 12.1 Å². The zero-order valence-corrected chi connectivity index (χ0v) is 5.72. The molecule has 0 bridgehead atoms. The fourth-order valence-corrected chi connectivity index (χ4v) is 0.845. The van der Waals surface area contributed by atoms with Gasteiger partial charge in [0.25, 0.3) is 0 Å². The van der Waals surface area contributed by atoms with Crippen molar-refractivity contribution in [2.24, 2.45) is 0 Å². The van der Waals surface area contributed by atoms with Crippen LogP contribution < -0.4 is 0 Å². The van der Waals surface area contributed by atoms with Crippen LogP contribution in [-0.4, -0.2) is 17.4 Å². The van der Waals surface area contributed by atoms with Crippen molar-refractivity contribution in [3.63, 3.8) is 0 Å². The Morgan fingerprint density at radius 3 is 2.88 bits per heavy atom. The van der Waals surface area contributed by atoms with Crippen molar-refractivity contribution in [2.45, 2.75) is 6.10 Å². The highest BCUT2D eigenvalue weighted by Crippen LogP contribution is 2.06. The molecule has 0 N–H and O–H groups in total. The molecule has 1 heterocycles. The second-order valence-electron chi connectivity index (χ2n) is 1.49. The summed E-state index contributed by atoms with van der Waals surface area (Å²) in [6.07, 6.45) is 3.13. The highest BCUT2D eigenvalue weighted by molar-refractivity contribution is 9.09. The van der Waals surface area contributed by atoms with E-state index in [2.05, 4.69) is 15.9 Å². The zero-order valence-electron chi connectivity index (χ0n) is 4.13. The SMILES string of the molecule is O=C1C=C[C@@H](CBr)O1. The Balaban J connectivity index is 2.46. The second kappa shape index (κ2) is 2.31. The van der Waals surface area contributed by atoms with Gasteiger partial charge in [-0.15, -0.1) is 0 Å². The van der Waals surface area contributed by atoms with Crippen LogP contribution in [0.15, 0.2) is 12.2 Å². The van der Waals surface area contributed by atoms with E-state index in [1.807, 2.05) is 0 Å². The van der Waals surface area contributed by atoms with Gasteiger partial charge in [-0.05, 0) is 6.08 Å². The van der Waals surface area contributed by atoms with Gasteiger partial charge in [-0.3, -0.25) is 0 Å². The summed E-state index contributed by atoms with van der Waals surface area (Å²) in [5.41, 5.74) is 0. The van der Waals surface area contributed by atoms with E-state index in [0.717, 1.165) is 0 Å². The predicted octanol–water partition coefficient (Wildman–Crippen LogP) is 0.863. The van der Waals surface area contributed by atoms with E-state index in [1.54, 1.807) is 6.08 Å². The van der Waals surface area contributed by atoms with Crippen LogP contribution in [0.25, 0.3) is 0 Å². The van der Waals surface area contributed by atoms with Gasteiger partial charge in [0.05, 0.1) is 0 Å². The molecule has 0 saturated heterocycles. The summed E-state index contributed by atoms with van der Waals surface area (Å²) in [4.78, 5) is 10.3. The normalized spacial score (nSPS) is 26.1. The number of ether oxygens (including phenoxy) is 1. The maximum absolute atomic E-state index is 10.3. The molecule has 0 spiro atoms. The molecule has 1 aliphatic heterocycles. The van der Waals surface area contributed by atoms with E-state index >= 15 is 0 Å². The molecular formula is C5H5BrO2. The Hall–Kier alpha value is -0.310. The van der Waals surface area contributed by atoms with Crippen LogP contribution in [0.3, 0.4) is 0 Å². The summed E-state index contributed by atoms with van der Waals surface area (Å²) in [6.45, 7) is 0. The van der Waals surface area contributed by atoms with Crippen LogP contribution in [-0.2, 0) is 9.53 Å². The number of hydrogen-bond acceptors (Lipinski definition) is 2. The van der Waals surface area contributed by atoms with Crippen LogP contribution in [0.2, 0.25) is 0 Å². The van der Waals surface area contributed by atoms with Gasteiger partial charge < -0.3 is 4.74 Å². The zero-order chi connectivity index (χ0) is 5.98. The van der Waals surface area contributed by atoms with Crippen molar-refractivity contribution in [2.75, 3.05) is 5.33 Å². The molecule has 1 aliphatic rings. The molecule has 44 valence electrons. The lowest BCUT2D eigenvalue weighted by molar-refractivity contribution is -0.137. The van der Waals surface area contributed by atoms with Crippen LogP contribution >= 0.6 is 15.9 Å². The molecule has 1 rings (SSSR count). The third-order valence-corrected chi connectivity index (χ3v) is 1.50. The number of carbonyl (C=O) groups is 1. The Labute approximate surface area is 55.6 Å². The molecule has 2 nitrogen and oxygen atoms in total. The van der Waals surface area contributed by atoms with Crippen LogP contribution in [0, 0.1) is 0 Å². The van der Waals surface area contributed by atoms with Crippen molar-refractivity contribution < 1.29 is 9.53 Å². The van der Waals surface area contributed by atoms with E-state index in [1.165, 1.54) is 6.08 Å². The smallest absolute Gasteiger partial charge is 0.331 e. The number of carbonyl (C=O) groups excluding carboxylic acids is 1. The number of rotatable bonds is 1. The standard InChI is InChI=1S/C5H5BrO2/c6-3-4-1-2-5(7)8-4/h1-2,4H,3H2/t4-/m0/s1. The molecule has 8 heavy (non-hydrogen) atoms. The van der Waals surface area contributed by atoms with Crippen LogP contribution in [0.4, 0.5) is 0 Å². The van der Waals surface area contributed by atoms with Gasteiger partial charge in [0.15, 0.2) is 0 Å². The molecule has 1 atom stereocenters. The lowest BCUT2D eigenvalue weighted by Crippen LogP contribution is -2.07. The van der Waals surface area contributed by atoms with Gasteiger partial charge in [0.1, 0.15) is 6.10 Å². The molecule has 0 radical (unpaired) electrons. The molecule has 0 aromatic heterocycles. The third-order valence-electron chi connectivity index (χ3n) is 0.867. The minimum atomic E-state index is -0.241. The lowest BCUT2D eigenvalue weighted by atomic mass is 10.4. The van der Waals surface area contributed by atoms with Gasteiger partial charge in [0.2, 0.25) is 0 Å². The van der Waals surface area contributed by atoms with Gasteiger partial charge in [-0.1, -0.05) is 15.9 Å². The van der Waals surface area contributed by atoms with Crippen LogP contribution in [0.1, 0.15) is 0 Å². The number of halogens is 1. The second-order valence-corrected chi connectivity index (χ2v) is 2.14. The Morgan fingerprint density at radius 1 is 1.88 bits per heavy atom. The van der Waals surface area contributed by atoms with E-state index in [4.69, 9.17) is 4.74 Å². The van der Waals surface area contributed by atoms with Crippen LogP contribution in [0.5, 0.6) is 0 Å². The van der Waals surface area contributed by atoms with E-state index in [0.29, 0.717) is 5.33 Å². The summed E-state index contributed by atoms with van der Waals surface area (Å²) < 4.78 is 4.71. The first-order valence-electron chi connectivity index (χ1n) is 2.27. The number of hydrogen-bond donors (Lipinski definition) is 0. The quantitative estimate of drug-likeness (QED) is 0.438. The number of alkyl halides is 1. The topological polar surface area (TPSA) is 26.3 Å². The maximum atomic E-state index is 10.3. The van der Waals surface area contributed by atoms with Crippen molar-refractivity contribution in [1.29, 1.82) is 0 Å². The Bertz CT molecular complexity index is 130. The first kappa shape index (κ1) is 5.82. The monoisotopic (exact) mass is 176 g/mol. The van der Waals surface area contributed by atoms with Crippen molar-refractivity contribution in [3.05, 3.63) is 12.2 Å². The lowest BCUT2D eigenvalue weighted by Gasteiger charge is -2.00. The summed E-state index contributed by atoms with van der Waals surface area (Å²) in [5.74, 6) is -0.241. The minimum Gasteiger partial charge on any atom is -0.454 e. The summed E-state index contributed by atoms with van der Waals surface area (Å²) in [6, 6.07) is 0. The highest BCUT2D eigenvalue weighted by Gasteiger charge is 2.13.